The molecule has 5 heteroatoms. The summed E-state index contributed by atoms with van der Waals surface area (Å²) in [5.74, 6) is 0.207. The summed E-state index contributed by atoms with van der Waals surface area (Å²) in [6, 6.07) is 2.19. The average Bonchev–Trinajstić information content (AvgIpc) is 2.51. The van der Waals surface area contributed by atoms with Gasteiger partial charge in [0.25, 0.3) is 0 Å². The highest BCUT2D eigenvalue weighted by atomic mass is 79.9. The van der Waals surface area contributed by atoms with E-state index in [1.54, 1.807) is 0 Å². The van der Waals surface area contributed by atoms with E-state index in [1.165, 1.54) is 0 Å². The fourth-order valence-electron chi connectivity index (χ4n) is 1.41. The Morgan fingerprint density at radius 1 is 1.67 bits per heavy atom. The van der Waals surface area contributed by atoms with Gasteiger partial charge in [0.05, 0.1) is 27.8 Å². The van der Waals surface area contributed by atoms with Crippen molar-refractivity contribution in [1.82, 2.24) is 9.78 Å². The van der Waals surface area contributed by atoms with Gasteiger partial charge in [0, 0.05) is 19.3 Å². The Morgan fingerprint density at radius 3 is 2.73 bits per heavy atom. The van der Waals surface area contributed by atoms with Gasteiger partial charge in [-0.2, -0.15) is 10.4 Å². The molecule has 0 aliphatic heterocycles. The predicted octanol–water partition coefficient (Wildman–Crippen LogP) is 2.67. The summed E-state index contributed by atoms with van der Waals surface area (Å²) in [6.45, 7) is 2.06. The summed E-state index contributed by atoms with van der Waals surface area (Å²) in [5, 5.41) is 13.2. The normalized spacial score (nSPS) is 12.5. The number of nitrogens with zero attached hydrogens (tertiary/aromatic N) is 3. The number of halogens is 2. The van der Waals surface area contributed by atoms with Gasteiger partial charge in [-0.25, -0.2) is 0 Å². The Labute approximate surface area is 103 Å². The first-order chi connectivity index (χ1) is 7.13. The van der Waals surface area contributed by atoms with Crippen LogP contribution >= 0.6 is 27.5 Å². The van der Waals surface area contributed by atoms with Gasteiger partial charge in [-0.15, -0.1) is 11.6 Å². The lowest BCUT2D eigenvalue weighted by Gasteiger charge is -2.05. The molecule has 0 amide bonds. The highest BCUT2D eigenvalue weighted by Gasteiger charge is 2.16. The number of rotatable bonds is 4. The lowest BCUT2D eigenvalue weighted by Crippen LogP contribution is -2.08. The molecule has 0 aliphatic carbocycles. The fraction of sp³-hybridized carbons (Fsp3) is 0.600. The van der Waals surface area contributed by atoms with Crippen molar-refractivity contribution in [2.45, 2.75) is 19.8 Å². The molecule has 0 radical (unpaired) electrons. The first kappa shape index (κ1) is 12.5. The smallest absolute Gasteiger partial charge is 0.0766 e. The van der Waals surface area contributed by atoms with Gasteiger partial charge in [-0.05, 0) is 22.4 Å². The third-order valence-electron chi connectivity index (χ3n) is 2.31. The topological polar surface area (TPSA) is 41.6 Å². The number of nitriles is 1. The Kier molecular flexibility index (Phi) is 4.62. The summed E-state index contributed by atoms with van der Waals surface area (Å²) < 4.78 is 2.83. The summed E-state index contributed by atoms with van der Waals surface area (Å²) in [6.07, 6.45) is 1.52. The van der Waals surface area contributed by atoms with Crippen molar-refractivity contribution >= 4 is 27.5 Å². The molecule has 1 aromatic rings. The number of aromatic nitrogens is 2. The van der Waals surface area contributed by atoms with Crippen LogP contribution in [-0.2, 0) is 19.9 Å². The molecular formula is C10H13BrClN3. The molecule has 0 aromatic carbocycles. The second-order valence-corrected chi connectivity index (χ2v) is 4.47. The van der Waals surface area contributed by atoms with Crippen molar-refractivity contribution in [1.29, 1.82) is 5.26 Å². The largest absolute Gasteiger partial charge is 0.271 e. The molecule has 1 unspecified atom stereocenters. The molecule has 0 aliphatic rings. The average molecular weight is 291 g/mol. The molecule has 0 N–H and O–H groups in total. The fourth-order valence-corrected chi connectivity index (χ4v) is 2.37. The first-order valence-corrected chi connectivity index (χ1v) is 6.12. The van der Waals surface area contributed by atoms with Crippen molar-refractivity contribution in [3.63, 3.8) is 0 Å². The molecule has 1 rings (SSSR count). The van der Waals surface area contributed by atoms with E-state index in [0.29, 0.717) is 12.3 Å². The van der Waals surface area contributed by atoms with Crippen molar-refractivity contribution in [2.75, 3.05) is 5.88 Å². The standard InChI is InChI=1S/C10H13BrClN3/c1-3-8-10(11)9(15(2)14-8)4-7(5-12)6-13/h7H,3-5H2,1-2H3. The van der Waals surface area contributed by atoms with Gasteiger partial charge in [-0.1, -0.05) is 6.92 Å². The number of aryl methyl sites for hydroxylation is 2. The lowest BCUT2D eigenvalue weighted by molar-refractivity contribution is 0.644. The van der Waals surface area contributed by atoms with E-state index in [0.717, 1.165) is 22.3 Å². The van der Waals surface area contributed by atoms with Crippen LogP contribution in [0.2, 0.25) is 0 Å². The van der Waals surface area contributed by atoms with Crippen LogP contribution in [0.4, 0.5) is 0 Å². The number of hydrogen-bond acceptors (Lipinski definition) is 2. The Morgan fingerprint density at radius 2 is 2.33 bits per heavy atom. The maximum atomic E-state index is 8.85. The highest BCUT2D eigenvalue weighted by Crippen LogP contribution is 2.24. The molecule has 1 atom stereocenters. The molecule has 0 saturated carbocycles. The first-order valence-electron chi connectivity index (χ1n) is 4.79. The minimum atomic E-state index is -0.150. The zero-order valence-corrected chi connectivity index (χ0v) is 11.1. The summed E-state index contributed by atoms with van der Waals surface area (Å²) >= 11 is 9.21. The van der Waals surface area contributed by atoms with Crippen LogP contribution in [0.3, 0.4) is 0 Å². The van der Waals surface area contributed by atoms with E-state index in [4.69, 9.17) is 16.9 Å². The molecule has 0 bridgehead atoms. The maximum Gasteiger partial charge on any atom is 0.0766 e. The summed E-state index contributed by atoms with van der Waals surface area (Å²) in [5.41, 5.74) is 2.07. The van der Waals surface area contributed by atoms with E-state index < -0.39 is 0 Å². The van der Waals surface area contributed by atoms with Crippen LogP contribution in [0.25, 0.3) is 0 Å². The highest BCUT2D eigenvalue weighted by molar-refractivity contribution is 9.10. The molecule has 15 heavy (non-hydrogen) atoms. The van der Waals surface area contributed by atoms with Gasteiger partial charge >= 0.3 is 0 Å². The van der Waals surface area contributed by atoms with Gasteiger partial charge in [0.1, 0.15) is 0 Å². The van der Waals surface area contributed by atoms with E-state index >= 15 is 0 Å². The Hall–Kier alpha value is -0.530. The molecule has 0 fully saturated rings. The van der Waals surface area contributed by atoms with Crippen molar-refractivity contribution in [3.8, 4) is 6.07 Å². The van der Waals surface area contributed by atoms with Crippen molar-refractivity contribution in [3.05, 3.63) is 15.9 Å². The molecule has 1 heterocycles. The van der Waals surface area contributed by atoms with Crippen molar-refractivity contribution < 1.29 is 0 Å². The van der Waals surface area contributed by atoms with Gasteiger partial charge < -0.3 is 0 Å². The minimum absolute atomic E-state index is 0.150. The quantitative estimate of drug-likeness (QED) is 0.800. The van der Waals surface area contributed by atoms with Gasteiger partial charge in [0.2, 0.25) is 0 Å². The summed E-state index contributed by atoms with van der Waals surface area (Å²) in [7, 11) is 1.89. The zero-order chi connectivity index (χ0) is 11.4. The third-order valence-corrected chi connectivity index (χ3v) is 3.60. The lowest BCUT2D eigenvalue weighted by atomic mass is 10.1. The summed E-state index contributed by atoms with van der Waals surface area (Å²) in [4.78, 5) is 0. The number of alkyl halides is 1. The molecule has 3 nitrogen and oxygen atoms in total. The van der Waals surface area contributed by atoms with E-state index in [1.807, 2.05) is 11.7 Å². The van der Waals surface area contributed by atoms with E-state index in [2.05, 4.69) is 34.0 Å². The van der Waals surface area contributed by atoms with Gasteiger partial charge in [0.15, 0.2) is 0 Å². The Balaban J connectivity index is 2.95. The number of hydrogen-bond donors (Lipinski definition) is 0. The van der Waals surface area contributed by atoms with Crippen LogP contribution in [-0.4, -0.2) is 15.7 Å². The predicted molar refractivity (Wildman–Crippen MR) is 63.8 cm³/mol. The van der Waals surface area contributed by atoms with E-state index in [-0.39, 0.29) is 5.92 Å². The molecular weight excluding hydrogens is 277 g/mol. The zero-order valence-electron chi connectivity index (χ0n) is 8.80. The molecule has 0 saturated heterocycles. The maximum absolute atomic E-state index is 8.85. The van der Waals surface area contributed by atoms with Crippen LogP contribution in [0.1, 0.15) is 18.3 Å². The van der Waals surface area contributed by atoms with E-state index in [9.17, 15) is 0 Å². The van der Waals surface area contributed by atoms with Crippen LogP contribution < -0.4 is 0 Å². The second-order valence-electron chi connectivity index (χ2n) is 3.37. The van der Waals surface area contributed by atoms with Crippen molar-refractivity contribution in [2.24, 2.45) is 13.0 Å². The second kappa shape index (κ2) is 5.53. The Bertz CT molecular complexity index is 381. The van der Waals surface area contributed by atoms with Crippen LogP contribution in [0.5, 0.6) is 0 Å². The SMILES string of the molecule is CCc1nn(C)c(CC(C#N)CCl)c1Br. The van der Waals surface area contributed by atoms with Crippen LogP contribution in [0, 0.1) is 17.2 Å². The third kappa shape index (κ3) is 2.73. The molecule has 82 valence electrons. The molecule has 1 aromatic heterocycles. The van der Waals surface area contributed by atoms with Crippen LogP contribution in [0.15, 0.2) is 4.47 Å². The van der Waals surface area contributed by atoms with Gasteiger partial charge in [-0.3, -0.25) is 4.68 Å². The monoisotopic (exact) mass is 289 g/mol. The minimum Gasteiger partial charge on any atom is -0.271 e. The molecule has 0 spiro atoms.